The highest BCUT2D eigenvalue weighted by Gasteiger charge is 2.38. The molecule has 0 radical (unpaired) electrons. The van der Waals surface area contributed by atoms with Crippen molar-refractivity contribution in [1.82, 2.24) is 58.1 Å². The molecule has 0 aromatic heterocycles. The summed E-state index contributed by atoms with van der Waals surface area (Å²) in [6, 6.07) is -7.71. The van der Waals surface area contributed by atoms with Crippen LogP contribution in [0.5, 0.6) is 0 Å². The molecule has 522 valence electrons. The number of nitrogens with zero attached hydrogens (tertiary/aromatic N) is 1. The van der Waals surface area contributed by atoms with Crippen molar-refractivity contribution >= 4 is 112 Å². The number of nitrogens with two attached hydrogens (primary N) is 1. The lowest BCUT2D eigenvalue weighted by molar-refractivity contribution is -0.142. The zero-order valence-electron chi connectivity index (χ0n) is 52.7. The summed E-state index contributed by atoms with van der Waals surface area (Å²) in [6.07, 6.45) is -4.77. The molecule has 11 amide bonds. The minimum atomic E-state index is -1.95. The first-order valence-corrected chi connectivity index (χ1v) is 31.4. The van der Waals surface area contributed by atoms with Gasteiger partial charge in [-0.1, -0.05) is 38.1 Å². The van der Waals surface area contributed by atoms with Gasteiger partial charge in [-0.2, -0.15) is 11.8 Å². The Hall–Kier alpha value is -9.32. The summed E-state index contributed by atoms with van der Waals surface area (Å²) >= 11 is 1.32. The number of hydrogen-bond acceptors (Lipinski definition) is 20. The van der Waals surface area contributed by atoms with Gasteiger partial charge < -0.3 is 94.1 Å². The molecule has 1 heterocycles. The van der Waals surface area contributed by atoms with Crippen LogP contribution in [0.2, 0.25) is 0 Å². The van der Waals surface area contributed by atoms with Crippen molar-refractivity contribution < 1.29 is 112 Å². The van der Waals surface area contributed by atoms with Crippen molar-refractivity contribution in [3.05, 3.63) is 35.4 Å². The van der Waals surface area contributed by atoms with Gasteiger partial charge in [-0.25, -0.2) is 0 Å². The second-order valence-corrected chi connectivity index (χ2v) is 23.1. The number of hydrogen-bond donors (Lipinski definition) is 16. The number of ether oxygens (including phenoxy) is 1. The van der Waals surface area contributed by atoms with Crippen LogP contribution in [0.4, 0.5) is 0 Å². The number of benzene rings is 1. The number of ketones is 1. The number of nitrogens with one attached hydrogen (secondary N) is 10. The van der Waals surface area contributed by atoms with E-state index in [0.29, 0.717) is 12.0 Å². The molecule has 1 aliphatic heterocycles. The number of likely N-dealkylation sites (N-methyl/N-ethyl adjacent to an activating group) is 1. The number of carboxylic acid groups (broad SMARTS) is 5. The molecule has 0 bridgehead atoms. The Labute approximate surface area is 544 Å². The number of aliphatic carboxylic acids is 5. The van der Waals surface area contributed by atoms with Crippen LogP contribution in [-0.4, -0.2) is 237 Å². The maximum Gasteiger partial charge on any atom is 0.303 e. The van der Waals surface area contributed by atoms with Crippen LogP contribution in [0.15, 0.2) is 24.3 Å². The van der Waals surface area contributed by atoms with E-state index in [2.05, 4.69) is 53.2 Å². The molecule has 17 N–H and O–H groups in total. The number of carbonyl (C=O) groups excluding carboxylic acids is 12. The molecule has 1 aromatic carbocycles. The van der Waals surface area contributed by atoms with Gasteiger partial charge in [0.15, 0.2) is 5.78 Å². The van der Waals surface area contributed by atoms with Crippen molar-refractivity contribution in [1.29, 1.82) is 0 Å². The molecule has 1 aliphatic rings. The summed E-state index contributed by atoms with van der Waals surface area (Å²) in [5, 5.41) is 71.0. The molecule has 36 heteroatoms. The zero-order valence-corrected chi connectivity index (χ0v) is 53.6. The fourth-order valence-corrected chi connectivity index (χ4v) is 9.79. The second-order valence-electron chi connectivity index (χ2n) is 22.2. The van der Waals surface area contributed by atoms with Crippen LogP contribution in [0.1, 0.15) is 120 Å². The molecule has 35 nitrogen and oxygen atoms in total. The van der Waals surface area contributed by atoms with Gasteiger partial charge in [0.25, 0.3) is 0 Å². The Morgan fingerprint density at radius 2 is 1.01 bits per heavy atom. The van der Waals surface area contributed by atoms with Crippen molar-refractivity contribution in [2.45, 2.75) is 165 Å². The number of amides is 11. The molecule has 1 aromatic rings. The highest BCUT2D eigenvalue weighted by molar-refractivity contribution is 7.98. The minimum absolute atomic E-state index is 0.104. The fourth-order valence-electron chi connectivity index (χ4n) is 9.23. The molecule has 3 unspecified atom stereocenters. The SMILES string of the molecule is CNC(=O)C(CSC)NC(=O)CNC(=O)[C@H](CC(C)C)NC(=O)C1CCCN1C(=O)COCCNC(=O)C(Cc1ccc(C(C)=O)cc1)NC(=O)[C@@H](CCC(=O)O)NC(=O)[C@@H](CCC(=O)O)NC(=O)[C@@H](CCC(=O)O)NC(=O)[C@@H](CCC(=O)O)NC(=O)[C@H](N)CCC(=O)O. The average molecular weight is 1350 g/mol. The standard InChI is InChI=1S/C58H86N12O23S/c1-30(2)25-39(53(87)62-27-43(72)63-41(29-94-5)51(85)60-4)69-58(92)42-7-6-23-70(42)44(73)28-93-24-22-61-52(86)40(26-32-8-10-33(11-9-32)31(3)71)68-57(91)38(16-21-49(82)83)67-56(90)37(15-20-48(80)81)66-55(89)36(14-19-47(78)79)65-54(88)35(13-18-46(76)77)64-50(84)34(59)12-17-45(74)75/h8-11,30,34-42H,6-7,12-29,59H2,1-5H3,(H,60,85)(H,61,86)(H,62,87)(H,63,72)(H,64,84)(H,65,88)(H,66,89)(H,67,90)(H,68,91)(H,69,92)(H,74,75)(H,76,77)(H,78,79)(H,80,81)(H,82,83)/t34-,35-,36-,37-,38-,39+,40?,41?,42?/m1/s1. The van der Waals surface area contributed by atoms with E-state index in [-0.39, 0.29) is 62.0 Å². The normalized spacial score (nSPS) is 15.1. The van der Waals surface area contributed by atoms with Gasteiger partial charge in [-0.3, -0.25) is 81.5 Å². The van der Waals surface area contributed by atoms with Crippen LogP contribution >= 0.6 is 11.8 Å². The van der Waals surface area contributed by atoms with Crippen LogP contribution in [0.25, 0.3) is 0 Å². The molecule has 94 heavy (non-hydrogen) atoms. The summed E-state index contributed by atoms with van der Waals surface area (Å²) in [5.74, 6) is -17.5. The number of carboxylic acids is 5. The van der Waals surface area contributed by atoms with Crippen LogP contribution in [0.3, 0.4) is 0 Å². The summed E-state index contributed by atoms with van der Waals surface area (Å²) in [4.78, 5) is 219. The maximum atomic E-state index is 14.2. The van der Waals surface area contributed by atoms with E-state index in [0.717, 1.165) is 0 Å². The molecule has 2 rings (SSSR count). The molecule has 0 aliphatic carbocycles. The summed E-state index contributed by atoms with van der Waals surface area (Å²) in [7, 11) is 1.41. The Bertz CT molecular complexity index is 2880. The number of rotatable bonds is 45. The van der Waals surface area contributed by atoms with Gasteiger partial charge in [-0.15, -0.1) is 0 Å². The summed E-state index contributed by atoms with van der Waals surface area (Å²) in [5.41, 5.74) is 6.41. The lowest BCUT2D eigenvalue weighted by Gasteiger charge is -2.27. The maximum absolute atomic E-state index is 14.2. The molecule has 0 spiro atoms. The average Bonchev–Trinajstić information content (AvgIpc) is 1.58. The number of thioether (sulfide) groups is 1. The van der Waals surface area contributed by atoms with E-state index in [1.807, 2.05) is 13.8 Å². The Morgan fingerprint density at radius 3 is 1.45 bits per heavy atom. The first kappa shape index (κ1) is 80.8. The van der Waals surface area contributed by atoms with E-state index in [9.17, 15) is 102 Å². The van der Waals surface area contributed by atoms with Gasteiger partial charge >= 0.3 is 29.8 Å². The Morgan fingerprint density at radius 1 is 0.564 bits per heavy atom. The monoisotopic (exact) mass is 1350 g/mol. The lowest BCUT2D eigenvalue weighted by Crippen LogP contribution is -2.59. The number of likely N-dealkylation sites (tertiary alicyclic amines) is 1. The van der Waals surface area contributed by atoms with E-state index in [1.54, 1.807) is 6.26 Å². The van der Waals surface area contributed by atoms with Crippen LogP contribution in [-0.2, 0) is 87.9 Å². The first-order chi connectivity index (χ1) is 44.3. The second kappa shape index (κ2) is 42.0. The summed E-state index contributed by atoms with van der Waals surface area (Å²) < 4.78 is 5.58. The van der Waals surface area contributed by atoms with Crippen LogP contribution in [0, 0.1) is 5.92 Å². The van der Waals surface area contributed by atoms with E-state index >= 15 is 0 Å². The third-order valence-electron chi connectivity index (χ3n) is 14.2. The first-order valence-electron chi connectivity index (χ1n) is 30.0. The van der Waals surface area contributed by atoms with Gasteiger partial charge in [-0.05, 0) is 76.0 Å². The van der Waals surface area contributed by atoms with E-state index in [1.165, 1.54) is 54.9 Å². The molecular formula is C58H86N12O23S. The minimum Gasteiger partial charge on any atom is -0.481 e. The molecular weight excluding hydrogens is 1260 g/mol. The van der Waals surface area contributed by atoms with Crippen molar-refractivity contribution in [3.8, 4) is 0 Å². The highest BCUT2D eigenvalue weighted by Crippen LogP contribution is 2.19. The van der Waals surface area contributed by atoms with E-state index < -0.39 is 227 Å². The number of carbonyl (C=O) groups is 17. The van der Waals surface area contributed by atoms with Crippen molar-refractivity contribution in [2.75, 3.05) is 51.9 Å². The van der Waals surface area contributed by atoms with Gasteiger partial charge in [0.2, 0.25) is 65.0 Å². The largest absolute Gasteiger partial charge is 0.481 e. The highest BCUT2D eigenvalue weighted by atomic mass is 32.2. The van der Waals surface area contributed by atoms with E-state index in [4.69, 9.17) is 15.6 Å². The predicted molar refractivity (Wildman–Crippen MR) is 329 cm³/mol. The third-order valence-corrected chi connectivity index (χ3v) is 14.9. The zero-order chi connectivity index (χ0) is 70.8. The molecule has 0 saturated carbocycles. The fraction of sp³-hybridized carbons (Fsp3) is 0.603. The topological polar surface area (TPSA) is 550 Å². The molecule has 9 atom stereocenters. The third kappa shape index (κ3) is 30.9. The number of Topliss-reactive ketones (excluding diaryl/α,β-unsaturated/α-hetero) is 1. The van der Waals surface area contributed by atoms with Gasteiger partial charge in [0.1, 0.15) is 54.9 Å². The molecule has 1 fully saturated rings. The van der Waals surface area contributed by atoms with Gasteiger partial charge in [0, 0.05) is 70.0 Å². The lowest BCUT2D eigenvalue weighted by atomic mass is 10.0. The predicted octanol–water partition coefficient (Wildman–Crippen LogP) is -4.13. The Kier molecular flexibility index (Phi) is 36.1. The summed E-state index contributed by atoms with van der Waals surface area (Å²) in [6.45, 7) is 3.37. The molecule has 1 saturated heterocycles. The Balaban J connectivity index is 2.33. The smallest absolute Gasteiger partial charge is 0.303 e. The van der Waals surface area contributed by atoms with Crippen LogP contribution < -0.4 is 58.9 Å². The van der Waals surface area contributed by atoms with Crippen molar-refractivity contribution in [3.63, 3.8) is 0 Å². The van der Waals surface area contributed by atoms with Gasteiger partial charge in [0.05, 0.1) is 19.2 Å². The van der Waals surface area contributed by atoms with Crippen molar-refractivity contribution in [2.24, 2.45) is 11.7 Å². The quantitative estimate of drug-likeness (QED) is 0.0218.